The summed E-state index contributed by atoms with van der Waals surface area (Å²) < 4.78 is 5.58. The van der Waals surface area contributed by atoms with Gasteiger partial charge in [-0.1, -0.05) is 84.8 Å². The molecule has 3 N–H and O–H groups in total. The van der Waals surface area contributed by atoms with Gasteiger partial charge >= 0.3 is 12.1 Å². The van der Waals surface area contributed by atoms with E-state index >= 15 is 0 Å². The highest BCUT2D eigenvalue weighted by atomic mass is 16.5. The molecule has 0 spiro atoms. The summed E-state index contributed by atoms with van der Waals surface area (Å²) in [6.45, 7) is -0.0214. The zero-order chi connectivity index (χ0) is 24.6. The van der Waals surface area contributed by atoms with Crippen molar-refractivity contribution in [3.05, 3.63) is 95.6 Å². The van der Waals surface area contributed by atoms with Gasteiger partial charge in [0.15, 0.2) is 0 Å². The molecule has 3 aromatic carbocycles. The lowest BCUT2D eigenvalue weighted by Gasteiger charge is -2.19. The second-order valence-corrected chi connectivity index (χ2v) is 8.04. The molecule has 0 heterocycles. The third-order valence-electron chi connectivity index (χ3n) is 5.78. The minimum Gasteiger partial charge on any atom is -0.472 e. The van der Waals surface area contributed by atoms with Crippen molar-refractivity contribution in [3.8, 4) is 23.0 Å². The van der Waals surface area contributed by atoms with Crippen LogP contribution < -0.4 is 10.6 Å². The van der Waals surface area contributed by atoms with Crippen LogP contribution in [0.2, 0.25) is 0 Å². The van der Waals surface area contributed by atoms with E-state index < -0.39 is 24.0 Å². The Morgan fingerprint density at radius 2 is 1.49 bits per heavy atom. The fourth-order valence-electron chi connectivity index (χ4n) is 4.22. The Labute approximate surface area is 203 Å². The van der Waals surface area contributed by atoms with Crippen molar-refractivity contribution in [1.82, 2.24) is 10.6 Å². The van der Waals surface area contributed by atoms with Gasteiger partial charge in [-0.3, -0.25) is 4.79 Å². The van der Waals surface area contributed by atoms with Gasteiger partial charge in [-0.2, -0.15) is 0 Å². The fourth-order valence-corrected chi connectivity index (χ4v) is 4.22. The van der Waals surface area contributed by atoms with Gasteiger partial charge in [0.25, 0.3) is 0 Å². The summed E-state index contributed by atoms with van der Waals surface area (Å²) >= 11 is 0. The monoisotopic (exact) mass is 468 g/mol. The molecule has 35 heavy (non-hydrogen) atoms. The van der Waals surface area contributed by atoms with Gasteiger partial charge in [0.05, 0.1) is 6.54 Å². The van der Waals surface area contributed by atoms with Crippen LogP contribution in [0.3, 0.4) is 0 Å². The molecule has 0 saturated heterocycles. The van der Waals surface area contributed by atoms with Crippen molar-refractivity contribution in [2.45, 2.75) is 18.4 Å². The number of aliphatic carboxylic acids is 1. The first-order valence-corrected chi connectivity index (χ1v) is 11.2. The number of hydrogen-bond acceptors (Lipinski definition) is 4. The average molecular weight is 469 g/mol. The van der Waals surface area contributed by atoms with Crippen molar-refractivity contribution >= 4 is 18.0 Å². The number of fused-ring (bicyclic) bond motifs is 3. The van der Waals surface area contributed by atoms with Crippen LogP contribution in [-0.2, 0) is 20.7 Å². The third-order valence-corrected chi connectivity index (χ3v) is 5.78. The Balaban J connectivity index is 1.43. The van der Waals surface area contributed by atoms with Gasteiger partial charge < -0.3 is 20.5 Å². The number of carbonyl (C=O) groups excluding carboxylic acids is 2. The molecule has 0 fully saturated rings. The number of carboxylic acids is 1. The Morgan fingerprint density at radius 1 is 0.886 bits per heavy atom. The van der Waals surface area contributed by atoms with Gasteiger partial charge in [-0.15, -0.1) is 0 Å². The highest BCUT2D eigenvalue weighted by Gasteiger charge is 2.29. The van der Waals surface area contributed by atoms with Crippen LogP contribution in [0.1, 0.15) is 22.6 Å². The lowest BCUT2D eigenvalue weighted by atomic mass is 9.98. The van der Waals surface area contributed by atoms with Crippen molar-refractivity contribution in [3.63, 3.8) is 0 Å². The molecule has 1 aliphatic rings. The zero-order valence-electron chi connectivity index (χ0n) is 18.9. The lowest BCUT2D eigenvalue weighted by Crippen LogP contribution is -2.48. The SMILES string of the molecule is O=C(O)C#CCNC(=O)C(Cc1ccccc1)NC(=O)OCC1c2ccccc2-c2ccccc21. The summed E-state index contributed by atoms with van der Waals surface area (Å²) in [7, 11) is 0. The van der Waals surface area contributed by atoms with Crippen LogP contribution in [-0.4, -0.2) is 42.3 Å². The zero-order valence-corrected chi connectivity index (χ0v) is 18.9. The highest BCUT2D eigenvalue weighted by molar-refractivity contribution is 5.88. The van der Waals surface area contributed by atoms with E-state index in [2.05, 4.69) is 28.7 Å². The second kappa shape index (κ2) is 11.0. The highest BCUT2D eigenvalue weighted by Crippen LogP contribution is 2.44. The van der Waals surface area contributed by atoms with Crippen molar-refractivity contribution in [2.75, 3.05) is 13.2 Å². The summed E-state index contributed by atoms with van der Waals surface area (Å²) in [4.78, 5) is 36.0. The standard InChI is InChI=1S/C28H24N2O5/c31-26(32)15-8-16-29-27(33)25(17-19-9-2-1-3-10-19)30-28(34)35-18-24-22-13-6-4-11-20(22)21-12-5-7-14-23(21)24/h1-7,9-14,24-25H,16-18H2,(H,29,33)(H,30,34)(H,31,32). The maximum absolute atomic E-state index is 12.7. The van der Waals surface area contributed by atoms with Crippen LogP contribution in [0.15, 0.2) is 78.9 Å². The number of carboxylic acid groups (broad SMARTS) is 1. The van der Waals surface area contributed by atoms with Crippen molar-refractivity contribution in [2.24, 2.45) is 0 Å². The molecule has 2 amide bonds. The van der Waals surface area contributed by atoms with Crippen molar-refractivity contribution < 1.29 is 24.2 Å². The Bertz CT molecular complexity index is 1250. The summed E-state index contributed by atoms with van der Waals surface area (Å²) in [6, 6.07) is 24.4. The average Bonchev–Trinajstić information content (AvgIpc) is 3.19. The number of benzene rings is 3. The molecule has 7 nitrogen and oxygen atoms in total. The number of ether oxygens (including phenoxy) is 1. The summed E-state index contributed by atoms with van der Waals surface area (Å²) in [5.74, 6) is 2.42. The molecular formula is C28H24N2O5. The minimum atomic E-state index is -1.28. The van der Waals surface area contributed by atoms with Crippen LogP contribution in [0.25, 0.3) is 11.1 Å². The van der Waals surface area contributed by atoms with E-state index in [1.165, 1.54) is 0 Å². The molecule has 7 heteroatoms. The van der Waals surface area contributed by atoms with E-state index in [0.717, 1.165) is 27.8 Å². The number of nitrogens with one attached hydrogen (secondary N) is 2. The molecule has 4 rings (SSSR count). The molecule has 0 bridgehead atoms. The van der Waals surface area contributed by atoms with E-state index in [9.17, 15) is 14.4 Å². The third kappa shape index (κ3) is 5.87. The quantitative estimate of drug-likeness (QED) is 0.462. The summed E-state index contributed by atoms with van der Waals surface area (Å²) in [5, 5.41) is 13.8. The van der Waals surface area contributed by atoms with Crippen LogP contribution in [0, 0.1) is 11.8 Å². The molecule has 0 aliphatic heterocycles. The maximum atomic E-state index is 12.7. The first-order chi connectivity index (χ1) is 17.0. The molecule has 1 aliphatic carbocycles. The van der Waals surface area contributed by atoms with E-state index in [1.54, 1.807) is 0 Å². The first-order valence-electron chi connectivity index (χ1n) is 11.2. The predicted molar refractivity (Wildman–Crippen MR) is 131 cm³/mol. The van der Waals surface area contributed by atoms with E-state index in [-0.39, 0.29) is 25.5 Å². The Hall–Kier alpha value is -4.57. The molecular weight excluding hydrogens is 444 g/mol. The molecule has 3 aromatic rings. The van der Waals surface area contributed by atoms with Gasteiger partial charge in [0, 0.05) is 18.3 Å². The molecule has 176 valence electrons. The smallest absolute Gasteiger partial charge is 0.407 e. The summed E-state index contributed by atoms with van der Waals surface area (Å²) in [5.41, 5.74) is 5.29. The number of alkyl carbamates (subject to hydrolysis) is 1. The maximum Gasteiger partial charge on any atom is 0.407 e. The van der Waals surface area contributed by atoms with Gasteiger partial charge in [-0.25, -0.2) is 9.59 Å². The van der Waals surface area contributed by atoms with E-state index in [0.29, 0.717) is 0 Å². The Morgan fingerprint density at radius 3 is 2.11 bits per heavy atom. The molecule has 1 atom stereocenters. The number of amides is 2. The molecule has 0 saturated carbocycles. The summed E-state index contributed by atoms with van der Waals surface area (Å²) in [6.07, 6.45) is -0.469. The van der Waals surface area contributed by atoms with Crippen LogP contribution >= 0.6 is 0 Å². The van der Waals surface area contributed by atoms with Gasteiger partial charge in [-0.05, 0) is 27.8 Å². The van der Waals surface area contributed by atoms with Gasteiger partial charge in [0.1, 0.15) is 12.6 Å². The largest absolute Gasteiger partial charge is 0.472 e. The van der Waals surface area contributed by atoms with E-state index in [4.69, 9.17) is 9.84 Å². The first kappa shape index (κ1) is 23.6. The van der Waals surface area contributed by atoms with Crippen LogP contribution in [0.5, 0.6) is 0 Å². The predicted octanol–water partition coefficient (Wildman–Crippen LogP) is 3.34. The normalized spacial score (nSPS) is 12.3. The van der Waals surface area contributed by atoms with Gasteiger partial charge in [0.2, 0.25) is 5.91 Å². The minimum absolute atomic E-state index is 0.0964. The molecule has 1 unspecified atom stereocenters. The fraction of sp³-hybridized carbons (Fsp3) is 0.179. The topological polar surface area (TPSA) is 105 Å². The van der Waals surface area contributed by atoms with E-state index in [1.807, 2.05) is 72.7 Å². The molecule has 0 aromatic heterocycles. The Kier molecular flexibility index (Phi) is 7.44. The molecule has 0 radical (unpaired) electrons. The lowest BCUT2D eigenvalue weighted by molar-refractivity contribution is -0.130. The van der Waals surface area contributed by atoms with Crippen LogP contribution in [0.4, 0.5) is 4.79 Å². The number of carbonyl (C=O) groups is 3. The van der Waals surface area contributed by atoms with Crippen molar-refractivity contribution in [1.29, 1.82) is 0 Å². The number of hydrogen-bond donors (Lipinski definition) is 3. The number of rotatable bonds is 7. The second-order valence-electron chi connectivity index (χ2n) is 8.04.